The summed E-state index contributed by atoms with van der Waals surface area (Å²) < 4.78 is 1.92. The molecule has 7 heteroatoms. The van der Waals surface area contributed by atoms with Gasteiger partial charge in [-0.1, -0.05) is 18.1 Å². The van der Waals surface area contributed by atoms with E-state index in [1.165, 1.54) is 11.1 Å². The summed E-state index contributed by atoms with van der Waals surface area (Å²) >= 11 is 0. The number of piperazine rings is 1. The summed E-state index contributed by atoms with van der Waals surface area (Å²) in [6, 6.07) is 13.7. The lowest BCUT2D eigenvalue weighted by atomic mass is 10.1. The van der Waals surface area contributed by atoms with Gasteiger partial charge in [-0.15, -0.1) is 0 Å². The van der Waals surface area contributed by atoms with E-state index >= 15 is 0 Å². The molecule has 35 heavy (non-hydrogen) atoms. The van der Waals surface area contributed by atoms with Gasteiger partial charge in [0.15, 0.2) is 0 Å². The summed E-state index contributed by atoms with van der Waals surface area (Å²) in [5.74, 6) is 6.01. The van der Waals surface area contributed by atoms with Crippen LogP contribution in [-0.2, 0) is 6.54 Å². The van der Waals surface area contributed by atoms with Gasteiger partial charge in [0.2, 0.25) is 0 Å². The minimum Gasteiger partial charge on any atom is -0.322 e. The van der Waals surface area contributed by atoms with Gasteiger partial charge in [-0.05, 0) is 61.4 Å². The number of rotatable bonds is 4. The fraction of sp³-hybridized carbons (Fsp3) is 0.250. The zero-order valence-electron chi connectivity index (χ0n) is 20.0. The number of aromatic nitrogens is 3. The average Bonchev–Trinajstić information content (AvgIpc) is 3.29. The Morgan fingerprint density at radius 1 is 1.03 bits per heavy atom. The van der Waals surface area contributed by atoms with E-state index in [0.29, 0.717) is 11.1 Å². The maximum atomic E-state index is 12.9. The Balaban J connectivity index is 1.26. The first-order chi connectivity index (χ1) is 17.0. The molecule has 176 valence electrons. The highest BCUT2D eigenvalue weighted by Gasteiger charge is 2.15. The van der Waals surface area contributed by atoms with Crippen LogP contribution in [0, 0.1) is 18.8 Å². The predicted molar refractivity (Wildman–Crippen MR) is 137 cm³/mol. The van der Waals surface area contributed by atoms with Gasteiger partial charge < -0.3 is 10.2 Å². The van der Waals surface area contributed by atoms with Crippen molar-refractivity contribution in [3.05, 3.63) is 95.2 Å². The van der Waals surface area contributed by atoms with Crippen LogP contribution in [0.1, 0.15) is 32.7 Å². The number of hydrogen-bond donors (Lipinski definition) is 1. The van der Waals surface area contributed by atoms with Crippen molar-refractivity contribution in [2.45, 2.75) is 13.5 Å². The third-order valence-corrected chi connectivity index (χ3v) is 6.34. The number of benzene rings is 1. The van der Waals surface area contributed by atoms with Crippen molar-refractivity contribution in [2.75, 3.05) is 38.5 Å². The fourth-order valence-corrected chi connectivity index (χ4v) is 4.19. The van der Waals surface area contributed by atoms with Crippen LogP contribution < -0.4 is 5.32 Å². The van der Waals surface area contributed by atoms with Crippen LogP contribution in [0.2, 0.25) is 0 Å². The lowest BCUT2D eigenvalue weighted by Gasteiger charge is -2.32. The van der Waals surface area contributed by atoms with Gasteiger partial charge in [-0.2, -0.15) is 0 Å². The van der Waals surface area contributed by atoms with Crippen LogP contribution in [-0.4, -0.2) is 63.3 Å². The van der Waals surface area contributed by atoms with Gasteiger partial charge in [0, 0.05) is 62.6 Å². The van der Waals surface area contributed by atoms with Gasteiger partial charge in [0.25, 0.3) is 5.91 Å². The molecule has 4 aromatic rings. The molecule has 5 rings (SSSR count). The maximum absolute atomic E-state index is 12.9. The molecule has 0 aliphatic carbocycles. The Bertz CT molecular complexity index is 1420. The molecule has 1 aliphatic rings. The average molecular weight is 465 g/mol. The van der Waals surface area contributed by atoms with Crippen LogP contribution in [0.3, 0.4) is 0 Å². The molecule has 1 aliphatic heterocycles. The Morgan fingerprint density at radius 2 is 1.89 bits per heavy atom. The molecule has 1 aromatic carbocycles. The van der Waals surface area contributed by atoms with Gasteiger partial charge in [0.1, 0.15) is 11.3 Å². The molecule has 0 radical (unpaired) electrons. The highest BCUT2D eigenvalue weighted by Crippen LogP contribution is 2.19. The summed E-state index contributed by atoms with van der Waals surface area (Å²) in [4.78, 5) is 26.3. The quantitative estimate of drug-likeness (QED) is 0.469. The van der Waals surface area contributed by atoms with Crippen molar-refractivity contribution in [3.8, 4) is 11.8 Å². The van der Waals surface area contributed by atoms with Crippen molar-refractivity contribution in [1.29, 1.82) is 0 Å². The Kier molecular flexibility index (Phi) is 6.57. The summed E-state index contributed by atoms with van der Waals surface area (Å²) in [6.45, 7) is 7.40. The maximum Gasteiger partial charge on any atom is 0.257 e. The van der Waals surface area contributed by atoms with Gasteiger partial charge in [-0.25, -0.2) is 4.98 Å². The standard InChI is InChI=1S/C28H28N6O/c1-21-15-25(8-7-23(21)20-33-13-11-32(2)12-14-33)31-28(35)24-16-22(17-29-18-24)6-9-26-19-30-27-5-3-4-10-34(26)27/h3-5,7-8,10,15-19H,11-14,20H2,1-2H3,(H,31,35). The van der Waals surface area contributed by atoms with E-state index in [9.17, 15) is 4.79 Å². The molecule has 0 bridgehead atoms. The molecule has 0 unspecified atom stereocenters. The summed E-state index contributed by atoms with van der Waals surface area (Å²) in [5.41, 5.74) is 6.00. The van der Waals surface area contributed by atoms with E-state index in [0.717, 1.165) is 49.8 Å². The van der Waals surface area contributed by atoms with Crippen LogP contribution in [0.25, 0.3) is 5.65 Å². The molecule has 1 amide bonds. The van der Waals surface area contributed by atoms with E-state index in [-0.39, 0.29) is 5.91 Å². The predicted octanol–water partition coefficient (Wildman–Crippen LogP) is 3.44. The van der Waals surface area contributed by atoms with Crippen LogP contribution >= 0.6 is 0 Å². The second-order valence-electron chi connectivity index (χ2n) is 8.96. The summed E-state index contributed by atoms with van der Waals surface area (Å²) in [5, 5.41) is 3.00. The normalized spacial score (nSPS) is 14.5. The zero-order chi connectivity index (χ0) is 24.2. The molecule has 7 nitrogen and oxygen atoms in total. The molecule has 1 N–H and O–H groups in total. The van der Waals surface area contributed by atoms with Gasteiger partial charge in [0.05, 0.1) is 11.8 Å². The van der Waals surface area contributed by atoms with E-state index < -0.39 is 0 Å². The van der Waals surface area contributed by atoms with Crippen LogP contribution in [0.4, 0.5) is 5.69 Å². The van der Waals surface area contributed by atoms with Gasteiger partial charge in [-0.3, -0.25) is 19.1 Å². The van der Waals surface area contributed by atoms with Crippen molar-refractivity contribution in [2.24, 2.45) is 0 Å². The molecule has 3 aromatic heterocycles. The minimum atomic E-state index is -0.206. The first-order valence-electron chi connectivity index (χ1n) is 11.8. The molecular weight excluding hydrogens is 436 g/mol. The van der Waals surface area contributed by atoms with Crippen LogP contribution in [0.5, 0.6) is 0 Å². The number of hydrogen-bond acceptors (Lipinski definition) is 5. The monoisotopic (exact) mass is 464 g/mol. The number of amides is 1. The third-order valence-electron chi connectivity index (χ3n) is 6.34. The number of fused-ring (bicyclic) bond motifs is 1. The first kappa shape index (κ1) is 22.8. The van der Waals surface area contributed by atoms with Crippen molar-refractivity contribution >= 4 is 17.2 Å². The smallest absolute Gasteiger partial charge is 0.257 e. The number of carbonyl (C=O) groups excluding carboxylic acids is 1. The number of nitrogens with zero attached hydrogens (tertiary/aromatic N) is 5. The SMILES string of the molecule is Cc1cc(NC(=O)c2cncc(C#Cc3cnc4ccccn34)c2)ccc1CN1CCN(C)CC1. The molecule has 0 atom stereocenters. The number of anilines is 1. The van der Waals surface area contributed by atoms with Crippen molar-refractivity contribution in [1.82, 2.24) is 24.2 Å². The molecule has 0 saturated carbocycles. The third kappa shape index (κ3) is 5.40. The Hall–Kier alpha value is -3.99. The second-order valence-corrected chi connectivity index (χ2v) is 8.96. The topological polar surface area (TPSA) is 65.8 Å². The van der Waals surface area contributed by atoms with Crippen molar-refractivity contribution < 1.29 is 4.79 Å². The molecular formula is C28H28N6O. The molecule has 1 fully saturated rings. The fourth-order valence-electron chi connectivity index (χ4n) is 4.19. The van der Waals surface area contributed by atoms with E-state index in [1.807, 2.05) is 40.9 Å². The highest BCUT2D eigenvalue weighted by molar-refractivity contribution is 6.04. The van der Waals surface area contributed by atoms with E-state index in [2.05, 4.69) is 57.0 Å². The highest BCUT2D eigenvalue weighted by atomic mass is 16.1. The number of pyridine rings is 2. The Labute approximate surface area is 205 Å². The summed E-state index contributed by atoms with van der Waals surface area (Å²) in [7, 11) is 2.17. The second kappa shape index (κ2) is 10.1. The number of likely N-dealkylation sites (N-methyl/N-ethyl adjacent to an activating group) is 1. The first-order valence-corrected chi connectivity index (χ1v) is 11.8. The molecule has 1 saturated heterocycles. The largest absolute Gasteiger partial charge is 0.322 e. The van der Waals surface area contributed by atoms with Crippen molar-refractivity contribution in [3.63, 3.8) is 0 Å². The molecule has 0 spiro atoms. The van der Waals surface area contributed by atoms with E-state index in [4.69, 9.17) is 0 Å². The van der Waals surface area contributed by atoms with Crippen LogP contribution in [0.15, 0.2) is 67.3 Å². The molecule has 4 heterocycles. The summed E-state index contributed by atoms with van der Waals surface area (Å²) in [6.07, 6.45) is 6.88. The lowest BCUT2D eigenvalue weighted by molar-refractivity contribution is 0.102. The number of nitrogens with one attached hydrogen (secondary N) is 1. The Morgan fingerprint density at radius 3 is 2.71 bits per heavy atom. The van der Waals surface area contributed by atoms with E-state index in [1.54, 1.807) is 24.7 Å². The minimum absolute atomic E-state index is 0.206. The van der Waals surface area contributed by atoms with Gasteiger partial charge >= 0.3 is 0 Å². The lowest BCUT2D eigenvalue weighted by Crippen LogP contribution is -2.43. The number of carbonyl (C=O) groups is 1. The number of imidazole rings is 1. The zero-order valence-corrected chi connectivity index (χ0v) is 20.0. The number of aryl methyl sites for hydroxylation is 1.